The Balaban J connectivity index is 1.17. The molecule has 0 saturated heterocycles. The molecule has 6 rings (SSSR count). The SMILES string of the molecule is CC(C)(C)OC(=O)NCCCCc1nc2cc(-c3ccc4cc(-c5cnc6c(c5)nc(CCCCNC(=O)OC(C)(C)C)n6COCC[Si](C)(C)C)ccc4c3)cnc2n1COCC[Si](C)(C)C. The molecular weight excluding hydrogens is 889 g/mol. The van der Waals surface area contributed by atoms with Crippen molar-refractivity contribution in [2.75, 3.05) is 26.3 Å². The zero-order valence-electron chi connectivity index (χ0n) is 42.8. The quantitative estimate of drug-likeness (QED) is 0.0496. The molecule has 0 aliphatic heterocycles. The van der Waals surface area contributed by atoms with E-state index in [2.05, 4.69) is 108 Å². The number of rotatable bonds is 22. The van der Waals surface area contributed by atoms with Crippen molar-refractivity contribution in [2.24, 2.45) is 0 Å². The van der Waals surface area contributed by atoms with Gasteiger partial charge in [-0.1, -0.05) is 63.5 Å². The van der Waals surface area contributed by atoms with E-state index in [4.69, 9.17) is 38.9 Å². The smallest absolute Gasteiger partial charge is 0.407 e. The molecule has 0 unspecified atom stereocenters. The molecule has 0 atom stereocenters. The van der Waals surface area contributed by atoms with E-state index < -0.39 is 39.5 Å². The predicted molar refractivity (Wildman–Crippen MR) is 280 cm³/mol. The maximum Gasteiger partial charge on any atom is 0.407 e. The number of benzene rings is 2. The van der Waals surface area contributed by atoms with Crippen LogP contribution in [0.3, 0.4) is 0 Å². The minimum Gasteiger partial charge on any atom is -0.444 e. The van der Waals surface area contributed by atoms with E-state index in [1.54, 1.807) is 0 Å². The first kappa shape index (κ1) is 52.2. The average molecular weight is 965 g/mol. The van der Waals surface area contributed by atoms with Gasteiger partial charge in [0.15, 0.2) is 11.3 Å². The Bertz CT molecular complexity index is 2470. The zero-order valence-corrected chi connectivity index (χ0v) is 44.8. The number of hydrogen-bond acceptors (Lipinski definition) is 10. The lowest BCUT2D eigenvalue weighted by Gasteiger charge is -2.19. The highest BCUT2D eigenvalue weighted by Gasteiger charge is 2.20. The van der Waals surface area contributed by atoms with Gasteiger partial charge < -0.3 is 29.6 Å². The molecule has 2 aromatic carbocycles. The van der Waals surface area contributed by atoms with E-state index in [-0.39, 0.29) is 0 Å². The Kier molecular flexibility index (Phi) is 17.3. The van der Waals surface area contributed by atoms with Crippen LogP contribution in [0.5, 0.6) is 0 Å². The average Bonchev–Trinajstić information content (AvgIpc) is 3.77. The largest absolute Gasteiger partial charge is 0.444 e. The van der Waals surface area contributed by atoms with Crippen LogP contribution in [0.25, 0.3) is 55.4 Å². The van der Waals surface area contributed by atoms with Crippen molar-refractivity contribution in [1.29, 1.82) is 0 Å². The standard InChI is InChI=1S/C52H76N8O6Si2/c1-51(2,3)65-49(61)53-23-15-13-17-45-57-43-31-41(33-55-47(43)59(45)35-63-25-27-67(7,8)9)39-21-19-38-30-40(22-20-37(38)29-39)42-32-44-48(56-34-42)60(36-64-26-28-68(10,11)12)46(58-44)18-14-16-24-54-50(62)66-52(4,5)6/h19-22,29-34H,13-18,23-28,35-36H2,1-12H3,(H,53,61)(H,54,62). The molecule has 0 radical (unpaired) electrons. The van der Waals surface area contributed by atoms with E-state index in [1.165, 1.54) is 0 Å². The van der Waals surface area contributed by atoms with Gasteiger partial charge in [-0.05, 0) is 125 Å². The van der Waals surface area contributed by atoms with Gasteiger partial charge in [0.1, 0.15) is 47.3 Å². The van der Waals surface area contributed by atoms with Crippen molar-refractivity contribution < 1.29 is 28.5 Å². The third-order valence-corrected chi connectivity index (χ3v) is 14.7. The van der Waals surface area contributed by atoms with E-state index in [0.29, 0.717) is 39.8 Å². The number of aryl methyl sites for hydroxylation is 2. The van der Waals surface area contributed by atoms with Gasteiger partial charge in [-0.2, -0.15) is 0 Å². The number of imidazole rings is 2. The summed E-state index contributed by atoms with van der Waals surface area (Å²) in [7, 11) is -2.50. The number of aromatic nitrogens is 6. The highest BCUT2D eigenvalue weighted by atomic mass is 28.3. The lowest BCUT2D eigenvalue weighted by Crippen LogP contribution is -2.33. The van der Waals surface area contributed by atoms with Gasteiger partial charge >= 0.3 is 12.2 Å². The number of hydrogen-bond donors (Lipinski definition) is 2. The summed E-state index contributed by atoms with van der Waals surface area (Å²) in [4.78, 5) is 44.4. The van der Waals surface area contributed by atoms with Gasteiger partial charge in [0.05, 0.1) is 0 Å². The van der Waals surface area contributed by atoms with Crippen molar-refractivity contribution in [1.82, 2.24) is 39.7 Å². The van der Waals surface area contributed by atoms with E-state index in [9.17, 15) is 9.59 Å². The van der Waals surface area contributed by atoms with Crippen LogP contribution in [0.4, 0.5) is 9.59 Å². The van der Waals surface area contributed by atoms with Crippen molar-refractivity contribution in [3.8, 4) is 22.3 Å². The first-order valence-corrected chi connectivity index (χ1v) is 31.8. The number of carbonyl (C=O) groups excluding carboxylic acids is 2. The first-order chi connectivity index (χ1) is 32.0. The summed E-state index contributed by atoms with van der Waals surface area (Å²) in [6.45, 7) is 28.5. The van der Waals surface area contributed by atoms with Crippen LogP contribution in [-0.4, -0.2) is 94.9 Å². The summed E-state index contributed by atoms with van der Waals surface area (Å²) in [5.41, 5.74) is 6.31. The number of nitrogens with zero attached hydrogens (tertiary/aromatic N) is 6. The third kappa shape index (κ3) is 16.0. The molecule has 0 spiro atoms. The number of amides is 2. The summed E-state index contributed by atoms with van der Waals surface area (Å²) in [6, 6.07) is 19.4. The van der Waals surface area contributed by atoms with Crippen molar-refractivity contribution in [3.63, 3.8) is 0 Å². The molecule has 2 amide bonds. The number of fused-ring (bicyclic) bond motifs is 3. The van der Waals surface area contributed by atoms with Gasteiger partial charge in [-0.3, -0.25) is 9.13 Å². The first-order valence-electron chi connectivity index (χ1n) is 24.3. The topological polar surface area (TPSA) is 157 Å². The Morgan fingerprint density at radius 1 is 0.559 bits per heavy atom. The van der Waals surface area contributed by atoms with Gasteiger partial charge in [-0.25, -0.2) is 29.5 Å². The maximum absolute atomic E-state index is 12.2. The molecule has 68 heavy (non-hydrogen) atoms. The zero-order chi connectivity index (χ0) is 49.3. The number of pyridine rings is 2. The lowest BCUT2D eigenvalue weighted by atomic mass is 9.99. The number of carbonyl (C=O) groups is 2. The molecule has 0 aliphatic carbocycles. The Hall–Kier alpha value is -5.17. The van der Waals surface area contributed by atoms with Crippen LogP contribution < -0.4 is 10.6 Å². The number of ether oxygens (including phenoxy) is 4. The molecule has 6 aromatic rings. The maximum atomic E-state index is 12.2. The van der Waals surface area contributed by atoms with Crippen molar-refractivity contribution in [3.05, 3.63) is 72.6 Å². The molecule has 14 nitrogen and oxygen atoms in total. The fourth-order valence-electron chi connectivity index (χ4n) is 7.58. The summed E-state index contributed by atoms with van der Waals surface area (Å²) in [6.07, 6.45) is 7.79. The molecule has 16 heteroatoms. The van der Waals surface area contributed by atoms with Gasteiger partial charge in [-0.15, -0.1) is 0 Å². The van der Waals surface area contributed by atoms with E-state index in [0.717, 1.165) is 118 Å². The van der Waals surface area contributed by atoms with E-state index >= 15 is 0 Å². The highest BCUT2D eigenvalue weighted by Crippen LogP contribution is 2.31. The van der Waals surface area contributed by atoms with Crippen LogP contribution in [0.2, 0.25) is 51.4 Å². The number of alkyl carbamates (subject to hydrolysis) is 2. The molecule has 0 bridgehead atoms. The second-order valence-corrected chi connectivity index (χ2v) is 33.5. The predicted octanol–water partition coefficient (Wildman–Crippen LogP) is 12.0. The molecule has 368 valence electrons. The molecule has 0 aliphatic rings. The second-order valence-electron chi connectivity index (χ2n) is 22.3. The molecule has 0 saturated carbocycles. The minimum absolute atomic E-state index is 0.395. The molecule has 2 N–H and O–H groups in total. The van der Waals surface area contributed by atoms with Gasteiger partial charge in [0.25, 0.3) is 0 Å². The van der Waals surface area contributed by atoms with Crippen LogP contribution >= 0.6 is 0 Å². The van der Waals surface area contributed by atoms with Gasteiger partial charge in [0.2, 0.25) is 0 Å². The van der Waals surface area contributed by atoms with Gasteiger partial charge in [0, 0.05) is 78.8 Å². The summed E-state index contributed by atoms with van der Waals surface area (Å²) >= 11 is 0. The fraction of sp³-hybridized carbons (Fsp3) is 0.538. The minimum atomic E-state index is -1.25. The Morgan fingerprint density at radius 2 is 0.956 bits per heavy atom. The summed E-state index contributed by atoms with van der Waals surface area (Å²) in [5, 5.41) is 7.96. The van der Waals surface area contributed by atoms with Crippen LogP contribution in [0.1, 0.15) is 78.9 Å². The number of unbranched alkanes of at least 4 members (excludes halogenated alkanes) is 2. The lowest BCUT2D eigenvalue weighted by molar-refractivity contribution is 0.0515. The summed E-state index contributed by atoms with van der Waals surface area (Å²) in [5.74, 6) is 1.85. The highest BCUT2D eigenvalue weighted by molar-refractivity contribution is 6.76. The van der Waals surface area contributed by atoms with Crippen molar-refractivity contribution >= 4 is 61.4 Å². The molecule has 4 aromatic heterocycles. The Labute approximate surface area is 405 Å². The molecule has 0 fully saturated rings. The van der Waals surface area contributed by atoms with E-state index in [1.807, 2.05) is 53.9 Å². The third-order valence-electron chi connectivity index (χ3n) is 11.3. The molecular formula is C52H76N8O6Si2. The Morgan fingerprint density at radius 3 is 1.32 bits per heavy atom. The van der Waals surface area contributed by atoms with Crippen LogP contribution in [-0.2, 0) is 45.3 Å². The summed E-state index contributed by atoms with van der Waals surface area (Å²) < 4.78 is 27.4. The van der Waals surface area contributed by atoms with Crippen LogP contribution in [0, 0.1) is 0 Å². The monoisotopic (exact) mass is 965 g/mol. The fourth-order valence-corrected chi connectivity index (χ4v) is 9.10. The second kappa shape index (κ2) is 22.5. The van der Waals surface area contributed by atoms with Crippen molar-refractivity contribution in [2.45, 2.75) is 156 Å². The number of nitrogens with one attached hydrogen (secondary N) is 2. The normalized spacial score (nSPS) is 12.6. The van der Waals surface area contributed by atoms with Crippen LogP contribution in [0.15, 0.2) is 60.9 Å². The molecule has 4 heterocycles.